The van der Waals surface area contributed by atoms with Crippen LogP contribution in [0.5, 0.6) is 6.01 Å². The number of aromatic nitrogens is 2. The maximum absolute atomic E-state index is 12.2. The Balaban J connectivity index is 0.000000662. The summed E-state index contributed by atoms with van der Waals surface area (Å²) >= 11 is 0. The van der Waals surface area contributed by atoms with Crippen LogP contribution < -0.4 is 26.0 Å². The van der Waals surface area contributed by atoms with Crippen LogP contribution in [0.2, 0.25) is 0 Å². The van der Waals surface area contributed by atoms with Gasteiger partial charge < -0.3 is 35.6 Å². The normalized spacial score (nSPS) is 19.6. The highest BCUT2D eigenvalue weighted by molar-refractivity contribution is 5.93. The molecule has 0 bridgehead atoms. The Morgan fingerprint density at radius 3 is 2.41 bits per heavy atom. The molecule has 13 nitrogen and oxygen atoms in total. The summed E-state index contributed by atoms with van der Waals surface area (Å²) in [5.41, 5.74) is 6.21. The van der Waals surface area contributed by atoms with Crippen LogP contribution in [0.1, 0.15) is 86.0 Å². The van der Waals surface area contributed by atoms with Crippen molar-refractivity contribution >= 4 is 29.6 Å². The molecule has 4 rings (SSSR count). The summed E-state index contributed by atoms with van der Waals surface area (Å²) in [7, 11) is 0. The lowest BCUT2D eigenvalue weighted by Crippen LogP contribution is -2.40. The van der Waals surface area contributed by atoms with Gasteiger partial charge in [-0.05, 0) is 71.6 Å². The summed E-state index contributed by atoms with van der Waals surface area (Å²) in [4.78, 5) is 51.3. The molecule has 1 unspecified atom stereocenters. The molecule has 1 atom stereocenters. The van der Waals surface area contributed by atoms with Crippen LogP contribution in [-0.4, -0.2) is 89.7 Å². The number of carbonyl (C=O) groups is 3. The molecule has 1 aromatic rings. The fourth-order valence-electron chi connectivity index (χ4n) is 5.12. The summed E-state index contributed by atoms with van der Waals surface area (Å²) in [6.07, 6.45) is 10.8. The number of amides is 4. The summed E-state index contributed by atoms with van der Waals surface area (Å²) in [5.74, 6) is 1.24. The van der Waals surface area contributed by atoms with Gasteiger partial charge >= 0.3 is 18.1 Å². The average Bonchev–Trinajstić information content (AvgIpc) is 3.44. The standard InChI is InChI=1S/C26H43N7O4.C5H9NO/c1-18(2)22(27)31-24(34)32-11-8-19(9-12-32)7-6-14-36-23-28-15-21(16-29-23)33-13-10-20(17-33)30-25(35)37-26(3,4)5;7-5-3-1-2-4-6-5/h15-16,18-20H,6-14,17H2,1-5H3,(H,30,35)(H2,27,31,34);1-4H2,(H,6,7). The second kappa shape index (κ2) is 17.0. The van der Waals surface area contributed by atoms with Gasteiger partial charge in [0.1, 0.15) is 11.4 Å². The predicted octanol–water partition coefficient (Wildman–Crippen LogP) is 3.87. The first-order chi connectivity index (χ1) is 20.9. The molecule has 0 saturated carbocycles. The zero-order valence-corrected chi connectivity index (χ0v) is 27.1. The van der Waals surface area contributed by atoms with Crippen molar-refractivity contribution in [1.82, 2.24) is 25.5 Å². The number of carbonyl (C=O) groups excluding carboxylic acids is 3. The van der Waals surface area contributed by atoms with E-state index in [4.69, 9.17) is 15.2 Å². The third kappa shape index (κ3) is 12.5. The number of anilines is 1. The van der Waals surface area contributed by atoms with E-state index < -0.39 is 5.60 Å². The Kier molecular flexibility index (Phi) is 13.5. The fraction of sp³-hybridized carbons (Fsp3) is 0.742. The number of alkyl carbamates (subject to hydrolysis) is 1. The summed E-state index contributed by atoms with van der Waals surface area (Å²) in [5, 5.41) is 5.67. The molecule has 13 heteroatoms. The molecule has 4 N–H and O–H groups in total. The van der Waals surface area contributed by atoms with Crippen LogP contribution in [0.25, 0.3) is 0 Å². The van der Waals surface area contributed by atoms with Crippen molar-refractivity contribution in [3.63, 3.8) is 0 Å². The van der Waals surface area contributed by atoms with Crippen molar-refractivity contribution in [2.24, 2.45) is 22.6 Å². The summed E-state index contributed by atoms with van der Waals surface area (Å²) in [6.45, 7) is 13.8. The first-order valence-electron chi connectivity index (χ1n) is 16.0. The molecular weight excluding hydrogens is 564 g/mol. The van der Waals surface area contributed by atoms with Crippen molar-refractivity contribution in [3.8, 4) is 6.01 Å². The topological polar surface area (TPSA) is 164 Å². The minimum atomic E-state index is -0.512. The quantitative estimate of drug-likeness (QED) is 0.223. The number of hydrogen-bond acceptors (Lipinski definition) is 8. The predicted molar refractivity (Wildman–Crippen MR) is 170 cm³/mol. The molecule has 0 aromatic carbocycles. The molecule has 246 valence electrons. The van der Waals surface area contributed by atoms with Crippen LogP contribution in [0, 0.1) is 11.8 Å². The molecule has 3 fully saturated rings. The van der Waals surface area contributed by atoms with Gasteiger partial charge in [0.05, 0.1) is 30.7 Å². The first kappa shape index (κ1) is 34.8. The van der Waals surface area contributed by atoms with Crippen LogP contribution in [0.15, 0.2) is 17.4 Å². The lowest BCUT2D eigenvalue weighted by atomic mass is 9.92. The maximum Gasteiger partial charge on any atom is 0.407 e. The van der Waals surface area contributed by atoms with Crippen LogP contribution in [0.4, 0.5) is 15.3 Å². The third-order valence-electron chi connectivity index (χ3n) is 7.73. The Morgan fingerprint density at radius 2 is 1.84 bits per heavy atom. The maximum atomic E-state index is 12.2. The monoisotopic (exact) mass is 616 g/mol. The van der Waals surface area contributed by atoms with E-state index in [1.54, 1.807) is 17.3 Å². The van der Waals surface area contributed by atoms with Gasteiger partial charge in [0, 0.05) is 45.1 Å². The van der Waals surface area contributed by atoms with E-state index in [2.05, 4.69) is 30.5 Å². The van der Waals surface area contributed by atoms with Gasteiger partial charge in [0.15, 0.2) is 0 Å². The molecule has 3 aliphatic heterocycles. The number of nitrogens with one attached hydrogen (secondary N) is 2. The van der Waals surface area contributed by atoms with E-state index in [1.807, 2.05) is 34.6 Å². The van der Waals surface area contributed by atoms with E-state index in [-0.39, 0.29) is 30.0 Å². The number of nitrogens with zero attached hydrogens (tertiary/aromatic N) is 5. The minimum absolute atomic E-state index is 0.0293. The summed E-state index contributed by atoms with van der Waals surface area (Å²) < 4.78 is 11.1. The highest BCUT2D eigenvalue weighted by Crippen LogP contribution is 2.23. The van der Waals surface area contributed by atoms with Gasteiger partial charge in [-0.25, -0.2) is 19.6 Å². The van der Waals surface area contributed by atoms with E-state index >= 15 is 0 Å². The molecule has 4 heterocycles. The van der Waals surface area contributed by atoms with Crippen molar-refractivity contribution in [2.45, 2.75) is 97.6 Å². The molecular formula is C31H52N8O5. The van der Waals surface area contributed by atoms with Gasteiger partial charge in [-0.15, -0.1) is 0 Å². The number of aliphatic imine (C=N–C) groups is 1. The van der Waals surface area contributed by atoms with Crippen LogP contribution in [-0.2, 0) is 9.53 Å². The number of urea groups is 1. The zero-order chi connectivity index (χ0) is 32.1. The second-order valence-electron chi connectivity index (χ2n) is 13.0. The lowest BCUT2D eigenvalue weighted by molar-refractivity contribution is -0.122. The highest BCUT2D eigenvalue weighted by Gasteiger charge is 2.27. The van der Waals surface area contributed by atoms with Gasteiger partial charge in [-0.1, -0.05) is 13.8 Å². The minimum Gasteiger partial charge on any atom is -0.463 e. The largest absolute Gasteiger partial charge is 0.463 e. The average molecular weight is 617 g/mol. The Hall–Kier alpha value is -3.64. The Labute approximate surface area is 261 Å². The number of hydrogen-bond donors (Lipinski definition) is 3. The molecule has 4 amide bonds. The lowest BCUT2D eigenvalue weighted by Gasteiger charge is -2.30. The van der Waals surface area contributed by atoms with Crippen LogP contribution >= 0.6 is 0 Å². The number of amidine groups is 1. The molecule has 44 heavy (non-hydrogen) atoms. The van der Waals surface area contributed by atoms with E-state index in [1.165, 1.54) is 0 Å². The van der Waals surface area contributed by atoms with Crippen molar-refractivity contribution < 1.29 is 23.9 Å². The van der Waals surface area contributed by atoms with Gasteiger partial charge in [0.25, 0.3) is 0 Å². The zero-order valence-electron chi connectivity index (χ0n) is 27.1. The smallest absolute Gasteiger partial charge is 0.407 e. The third-order valence-corrected chi connectivity index (χ3v) is 7.73. The van der Waals surface area contributed by atoms with Crippen LogP contribution in [0.3, 0.4) is 0 Å². The van der Waals surface area contributed by atoms with Crippen molar-refractivity contribution in [1.29, 1.82) is 0 Å². The molecule has 3 aliphatic rings. The number of ether oxygens (including phenoxy) is 2. The number of piperidine rings is 2. The number of likely N-dealkylation sites (tertiary alicyclic amines) is 1. The van der Waals surface area contributed by atoms with E-state index in [9.17, 15) is 14.4 Å². The molecule has 0 radical (unpaired) electrons. The molecule has 1 aromatic heterocycles. The Morgan fingerprint density at radius 1 is 1.14 bits per heavy atom. The van der Waals surface area contributed by atoms with Gasteiger partial charge in [-0.2, -0.15) is 4.99 Å². The van der Waals surface area contributed by atoms with E-state index in [0.717, 1.165) is 70.1 Å². The second-order valence-corrected chi connectivity index (χ2v) is 13.0. The fourth-order valence-corrected chi connectivity index (χ4v) is 5.12. The molecule has 3 saturated heterocycles. The Bertz CT molecular complexity index is 1090. The number of rotatable bonds is 8. The molecule has 0 spiro atoms. The van der Waals surface area contributed by atoms with E-state index in [0.29, 0.717) is 44.0 Å². The summed E-state index contributed by atoms with van der Waals surface area (Å²) in [6, 6.07) is 0.173. The van der Waals surface area contributed by atoms with Gasteiger partial charge in [-0.3, -0.25) is 4.79 Å². The number of nitrogens with two attached hydrogens (primary N) is 1. The first-order valence-corrected chi connectivity index (χ1v) is 16.0. The highest BCUT2D eigenvalue weighted by atomic mass is 16.6. The van der Waals surface area contributed by atoms with Crippen molar-refractivity contribution in [3.05, 3.63) is 12.4 Å². The SMILES string of the molecule is CC(C)/C(N)=N/C(=O)N1CCC(CCCOc2ncc(N3CCC(NC(=O)OC(C)(C)C)C3)cn2)CC1.O=C1CCCCN1. The van der Waals surface area contributed by atoms with Gasteiger partial charge in [0.2, 0.25) is 5.91 Å². The van der Waals surface area contributed by atoms with Crippen molar-refractivity contribution in [2.75, 3.05) is 44.2 Å². The molecule has 0 aliphatic carbocycles.